The molecular formula is C18H13F4Ti. The van der Waals surface area contributed by atoms with Gasteiger partial charge in [-0.1, -0.05) is 6.92 Å². The second-order valence-corrected chi connectivity index (χ2v) is 4.16. The van der Waals surface area contributed by atoms with Gasteiger partial charge in [0.15, 0.2) is 0 Å². The summed E-state index contributed by atoms with van der Waals surface area (Å²) in [6, 6.07) is 10.8. The van der Waals surface area contributed by atoms with Gasteiger partial charge in [0, 0.05) is 23.3 Å². The Kier molecular flexibility index (Phi) is 11.0. The summed E-state index contributed by atoms with van der Waals surface area (Å²) in [6.45, 7) is 2.06. The summed E-state index contributed by atoms with van der Waals surface area (Å²) in [5, 5.41) is 0. The van der Waals surface area contributed by atoms with Crippen LogP contribution in [0, 0.1) is 41.5 Å². The van der Waals surface area contributed by atoms with E-state index in [0.29, 0.717) is 0 Å². The van der Waals surface area contributed by atoms with Crippen LogP contribution in [0.5, 0.6) is 0 Å². The first kappa shape index (κ1) is 21.4. The zero-order valence-electron chi connectivity index (χ0n) is 12.3. The van der Waals surface area contributed by atoms with Crippen LogP contribution >= 0.6 is 0 Å². The summed E-state index contributed by atoms with van der Waals surface area (Å²) in [5.41, 5.74) is 1.27. The van der Waals surface area contributed by atoms with E-state index in [4.69, 9.17) is 0 Å². The molecule has 0 atom stereocenters. The first-order valence-corrected chi connectivity index (χ1v) is 6.38. The Hall–Kier alpha value is -1.65. The summed E-state index contributed by atoms with van der Waals surface area (Å²) in [7, 11) is 0. The van der Waals surface area contributed by atoms with Crippen LogP contribution in [0.4, 0.5) is 17.6 Å². The number of rotatable bonds is 0. The van der Waals surface area contributed by atoms with E-state index in [9.17, 15) is 17.6 Å². The largest absolute Gasteiger partial charge is 3.00 e. The molecule has 0 saturated carbocycles. The molecule has 0 N–H and O–H groups in total. The van der Waals surface area contributed by atoms with Gasteiger partial charge in [-0.25, -0.2) is 29.2 Å². The van der Waals surface area contributed by atoms with E-state index in [-0.39, 0.29) is 21.7 Å². The first-order valence-electron chi connectivity index (χ1n) is 6.38. The third-order valence-electron chi connectivity index (χ3n) is 2.31. The summed E-state index contributed by atoms with van der Waals surface area (Å²) in [4.78, 5) is 0. The third kappa shape index (κ3) is 10.7. The van der Waals surface area contributed by atoms with Gasteiger partial charge in [0.05, 0.1) is 0 Å². The van der Waals surface area contributed by atoms with Gasteiger partial charge in [-0.2, -0.15) is 18.2 Å². The maximum atomic E-state index is 11.9. The van der Waals surface area contributed by atoms with Crippen molar-refractivity contribution in [2.75, 3.05) is 0 Å². The van der Waals surface area contributed by atoms with Gasteiger partial charge in [0.2, 0.25) is 0 Å². The molecule has 1 radical (unpaired) electrons. The van der Waals surface area contributed by atoms with Crippen molar-refractivity contribution in [2.24, 2.45) is 0 Å². The van der Waals surface area contributed by atoms with Crippen molar-refractivity contribution in [1.82, 2.24) is 0 Å². The molecule has 0 spiro atoms. The zero-order chi connectivity index (χ0) is 16.4. The summed E-state index contributed by atoms with van der Waals surface area (Å²) in [5.74, 6) is -2.65. The summed E-state index contributed by atoms with van der Waals surface area (Å²) in [6.07, 6.45) is 8.33. The van der Waals surface area contributed by atoms with Crippen molar-refractivity contribution >= 4 is 0 Å². The minimum Gasteiger partial charge on any atom is -0.270 e. The maximum absolute atomic E-state index is 11.9. The van der Waals surface area contributed by atoms with Crippen molar-refractivity contribution in [3.05, 3.63) is 95.6 Å². The standard InChI is InChI=1S/2C6H3F2.C6H7.Ti/c2*7-5-2-1-3-6(8)4-5;1-6-4-2-3-5-6;/h2*1-3H;2,4H,3H2,1H3;/q3*-1;+3. The van der Waals surface area contributed by atoms with Gasteiger partial charge in [0.25, 0.3) is 0 Å². The Morgan fingerprint density at radius 2 is 1.17 bits per heavy atom. The molecule has 0 bridgehead atoms. The van der Waals surface area contributed by atoms with Crippen molar-refractivity contribution in [2.45, 2.75) is 13.3 Å². The van der Waals surface area contributed by atoms with Crippen LogP contribution in [0.15, 0.2) is 54.1 Å². The van der Waals surface area contributed by atoms with Crippen molar-refractivity contribution in [1.29, 1.82) is 0 Å². The zero-order valence-corrected chi connectivity index (χ0v) is 13.9. The van der Waals surface area contributed by atoms with Gasteiger partial charge < -0.3 is 0 Å². The number of hydrogen-bond acceptors (Lipinski definition) is 0. The van der Waals surface area contributed by atoms with Gasteiger partial charge in [-0.15, -0.1) is 42.8 Å². The van der Waals surface area contributed by atoms with Crippen LogP contribution in [-0.2, 0) is 21.7 Å². The van der Waals surface area contributed by atoms with E-state index in [1.807, 2.05) is 12.1 Å². The molecule has 117 valence electrons. The van der Waals surface area contributed by atoms with Crippen LogP contribution in [0.1, 0.15) is 13.3 Å². The molecule has 3 rings (SSSR count). The fourth-order valence-electron chi connectivity index (χ4n) is 1.34. The Bertz CT molecular complexity index is 570. The molecule has 0 fully saturated rings. The molecule has 0 amide bonds. The average molecular weight is 353 g/mol. The second-order valence-electron chi connectivity index (χ2n) is 4.16. The van der Waals surface area contributed by atoms with E-state index < -0.39 is 23.3 Å². The minimum atomic E-state index is -0.662. The van der Waals surface area contributed by atoms with Crippen LogP contribution in [0.3, 0.4) is 0 Å². The average Bonchev–Trinajstić information content (AvgIpc) is 2.91. The van der Waals surface area contributed by atoms with Crippen molar-refractivity contribution in [3.63, 3.8) is 0 Å². The van der Waals surface area contributed by atoms with Gasteiger partial charge >= 0.3 is 21.7 Å². The molecule has 0 aliphatic heterocycles. The molecule has 23 heavy (non-hydrogen) atoms. The number of halogens is 4. The molecule has 1 aliphatic rings. The number of allylic oxidation sites excluding steroid dienone is 4. The fraction of sp³-hybridized carbons (Fsp3) is 0.111. The van der Waals surface area contributed by atoms with Gasteiger partial charge in [-0.3, -0.25) is 6.08 Å². The molecule has 0 nitrogen and oxygen atoms in total. The van der Waals surface area contributed by atoms with Crippen LogP contribution < -0.4 is 0 Å². The Morgan fingerprint density at radius 1 is 0.783 bits per heavy atom. The van der Waals surface area contributed by atoms with Crippen LogP contribution in [-0.4, -0.2) is 0 Å². The molecule has 0 unspecified atom stereocenters. The third-order valence-corrected chi connectivity index (χ3v) is 2.31. The maximum Gasteiger partial charge on any atom is 3.00 e. The monoisotopic (exact) mass is 353 g/mol. The van der Waals surface area contributed by atoms with Crippen molar-refractivity contribution in [3.8, 4) is 0 Å². The predicted octanol–water partition coefficient (Wildman–Crippen LogP) is 5.22. The van der Waals surface area contributed by atoms with E-state index in [1.54, 1.807) is 0 Å². The quantitative estimate of drug-likeness (QED) is 0.346. The molecule has 0 aromatic heterocycles. The van der Waals surface area contributed by atoms with Gasteiger partial charge in [0.1, 0.15) is 0 Å². The van der Waals surface area contributed by atoms with Crippen molar-refractivity contribution < 1.29 is 39.3 Å². The molecule has 5 heteroatoms. The van der Waals surface area contributed by atoms with E-state index in [2.05, 4.69) is 25.2 Å². The Morgan fingerprint density at radius 3 is 1.30 bits per heavy atom. The molecular weight excluding hydrogens is 340 g/mol. The van der Waals surface area contributed by atoms with Gasteiger partial charge in [-0.05, 0) is 0 Å². The predicted molar refractivity (Wildman–Crippen MR) is 76.6 cm³/mol. The summed E-state index contributed by atoms with van der Waals surface area (Å²) >= 11 is 0. The normalized spacial score (nSPS) is 11.3. The first-order chi connectivity index (χ1) is 10.5. The van der Waals surface area contributed by atoms with E-state index >= 15 is 0 Å². The smallest absolute Gasteiger partial charge is 0.270 e. The molecule has 2 aromatic carbocycles. The molecule has 2 aromatic rings. The van der Waals surface area contributed by atoms with Crippen LogP contribution in [0.25, 0.3) is 0 Å². The van der Waals surface area contributed by atoms with E-state index in [1.165, 1.54) is 17.7 Å². The SMILES string of the molecule is CC1=[C-]CC=C1.Fc1[c-]c(F)ccc1.Fc1[c-]c(F)ccc1.[Ti+3]. The Balaban J connectivity index is 0.000000312. The second kappa shape index (κ2) is 11.9. The minimum absolute atomic E-state index is 0. The summed E-state index contributed by atoms with van der Waals surface area (Å²) < 4.78 is 47.5. The topological polar surface area (TPSA) is 0 Å². The van der Waals surface area contributed by atoms with E-state index in [0.717, 1.165) is 30.7 Å². The Labute approximate surface area is 148 Å². The fourth-order valence-corrected chi connectivity index (χ4v) is 1.34. The molecule has 1 aliphatic carbocycles. The number of hydrogen-bond donors (Lipinski definition) is 0. The molecule has 0 saturated heterocycles. The molecule has 0 heterocycles. The number of benzene rings is 2. The van der Waals surface area contributed by atoms with Crippen LogP contribution in [0.2, 0.25) is 0 Å².